The van der Waals surface area contributed by atoms with E-state index in [0.717, 1.165) is 12.1 Å². The lowest BCUT2D eigenvalue weighted by Crippen LogP contribution is -2.35. The third-order valence-corrected chi connectivity index (χ3v) is 4.52. The highest BCUT2D eigenvalue weighted by Gasteiger charge is 2.26. The first kappa shape index (κ1) is 14.9. The second kappa shape index (κ2) is 5.47. The zero-order chi connectivity index (χ0) is 14.9. The maximum absolute atomic E-state index is 13.6. The van der Waals surface area contributed by atoms with Crippen LogP contribution >= 0.6 is 0 Å². The van der Waals surface area contributed by atoms with Crippen LogP contribution in [0.15, 0.2) is 17.0 Å². The SMILES string of the molecule is Cc1cc(S(=O)(=O)NC2CCOC2)cc(C(=O)O)c1F. The number of sulfonamides is 1. The summed E-state index contributed by atoms with van der Waals surface area (Å²) in [7, 11) is -3.90. The van der Waals surface area contributed by atoms with E-state index in [2.05, 4.69) is 4.72 Å². The molecule has 0 aromatic heterocycles. The highest BCUT2D eigenvalue weighted by Crippen LogP contribution is 2.20. The molecule has 0 aliphatic carbocycles. The Balaban J connectivity index is 2.38. The third-order valence-electron chi connectivity index (χ3n) is 3.02. The molecule has 20 heavy (non-hydrogen) atoms. The smallest absolute Gasteiger partial charge is 0.338 e. The lowest BCUT2D eigenvalue weighted by atomic mass is 10.1. The van der Waals surface area contributed by atoms with Crippen LogP contribution in [-0.2, 0) is 14.8 Å². The first-order valence-electron chi connectivity index (χ1n) is 5.95. The molecule has 1 aromatic carbocycles. The number of aromatic carboxylic acids is 1. The number of carbonyl (C=O) groups is 1. The van der Waals surface area contributed by atoms with Crippen molar-refractivity contribution in [2.24, 2.45) is 0 Å². The molecule has 1 aliphatic heterocycles. The molecule has 1 unspecified atom stereocenters. The number of nitrogens with one attached hydrogen (secondary N) is 1. The molecule has 0 saturated carbocycles. The fourth-order valence-corrected chi connectivity index (χ4v) is 3.33. The molecule has 8 heteroatoms. The van der Waals surface area contributed by atoms with Crippen molar-refractivity contribution in [2.75, 3.05) is 13.2 Å². The molecular weight excluding hydrogens is 289 g/mol. The molecule has 0 spiro atoms. The Morgan fingerprint density at radius 2 is 2.20 bits per heavy atom. The molecule has 6 nitrogen and oxygen atoms in total. The molecule has 0 bridgehead atoms. The normalized spacial score (nSPS) is 19.2. The molecule has 1 atom stereocenters. The van der Waals surface area contributed by atoms with Crippen LogP contribution in [-0.4, -0.2) is 38.7 Å². The first-order chi connectivity index (χ1) is 9.31. The monoisotopic (exact) mass is 303 g/mol. The second-order valence-electron chi connectivity index (χ2n) is 4.59. The van der Waals surface area contributed by atoms with Crippen LogP contribution in [0.4, 0.5) is 4.39 Å². The van der Waals surface area contributed by atoms with E-state index in [9.17, 15) is 17.6 Å². The van der Waals surface area contributed by atoms with E-state index in [1.165, 1.54) is 6.92 Å². The van der Waals surface area contributed by atoms with Crippen LogP contribution in [0.5, 0.6) is 0 Å². The van der Waals surface area contributed by atoms with Crippen LogP contribution in [0.2, 0.25) is 0 Å². The van der Waals surface area contributed by atoms with Gasteiger partial charge >= 0.3 is 5.97 Å². The van der Waals surface area contributed by atoms with E-state index in [0.29, 0.717) is 13.0 Å². The Morgan fingerprint density at radius 3 is 2.75 bits per heavy atom. The minimum atomic E-state index is -3.90. The van der Waals surface area contributed by atoms with E-state index in [-0.39, 0.29) is 23.1 Å². The number of ether oxygens (including phenoxy) is 1. The van der Waals surface area contributed by atoms with Crippen molar-refractivity contribution < 1.29 is 27.4 Å². The van der Waals surface area contributed by atoms with Crippen LogP contribution < -0.4 is 4.72 Å². The van der Waals surface area contributed by atoms with Crippen molar-refractivity contribution in [3.63, 3.8) is 0 Å². The summed E-state index contributed by atoms with van der Waals surface area (Å²) in [4.78, 5) is 10.7. The first-order valence-corrected chi connectivity index (χ1v) is 7.43. The molecule has 1 aliphatic rings. The van der Waals surface area contributed by atoms with Gasteiger partial charge in [0.25, 0.3) is 0 Å². The molecule has 0 amide bonds. The van der Waals surface area contributed by atoms with Crippen LogP contribution in [0.1, 0.15) is 22.3 Å². The van der Waals surface area contributed by atoms with E-state index >= 15 is 0 Å². The molecule has 110 valence electrons. The molecule has 2 rings (SSSR count). The summed E-state index contributed by atoms with van der Waals surface area (Å²) in [6.45, 7) is 2.06. The minimum absolute atomic E-state index is 0.0343. The maximum atomic E-state index is 13.6. The Bertz CT molecular complexity index is 637. The Morgan fingerprint density at radius 1 is 1.50 bits per heavy atom. The van der Waals surface area contributed by atoms with Gasteiger partial charge in [-0.1, -0.05) is 0 Å². The number of halogens is 1. The topological polar surface area (TPSA) is 92.7 Å². The summed E-state index contributed by atoms with van der Waals surface area (Å²) in [5, 5.41) is 8.89. The molecule has 1 saturated heterocycles. The van der Waals surface area contributed by atoms with Crippen LogP contribution in [0.3, 0.4) is 0 Å². The zero-order valence-electron chi connectivity index (χ0n) is 10.7. The number of benzene rings is 1. The summed E-state index contributed by atoms with van der Waals surface area (Å²) >= 11 is 0. The van der Waals surface area contributed by atoms with Gasteiger partial charge in [-0.15, -0.1) is 0 Å². The fourth-order valence-electron chi connectivity index (χ4n) is 1.96. The number of carboxylic acid groups (broad SMARTS) is 1. The average molecular weight is 303 g/mol. The lowest BCUT2D eigenvalue weighted by Gasteiger charge is -2.13. The predicted octanol–water partition coefficient (Wildman–Crippen LogP) is 0.900. The minimum Gasteiger partial charge on any atom is -0.478 e. The van der Waals surface area contributed by atoms with Gasteiger partial charge < -0.3 is 9.84 Å². The quantitative estimate of drug-likeness (QED) is 0.862. The van der Waals surface area contributed by atoms with Gasteiger partial charge in [0.1, 0.15) is 5.82 Å². The summed E-state index contributed by atoms with van der Waals surface area (Å²) in [6.07, 6.45) is 0.547. The molecule has 2 N–H and O–H groups in total. The van der Waals surface area contributed by atoms with Crippen molar-refractivity contribution in [2.45, 2.75) is 24.3 Å². The molecule has 0 radical (unpaired) electrons. The molecular formula is C12H14FNO5S. The van der Waals surface area contributed by atoms with Gasteiger partial charge in [-0.3, -0.25) is 0 Å². The van der Waals surface area contributed by atoms with Crippen molar-refractivity contribution in [3.8, 4) is 0 Å². The van der Waals surface area contributed by atoms with Crippen LogP contribution in [0.25, 0.3) is 0 Å². The number of aryl methyl sites for hydroxylation is 1. The summed E-state index contributed by atoms with van der Waals surface area (Å²) in [5.74, 6) is -2.44. The highest BCUT2D eigenvalue weighted by molar-refractivity contribution is 7.89. The van der Waals surface area contributed by atoms with E-state index in [4.69, 9.17) is 9.84 Å². The van der Waals surface area contributed by atoms with Crippen molar-refractivity contribution in [1.29, 1.82) is 0 Å². The van der Waals surface area contributed by atoms with Crippen LogP contribution in [0, 0.1) is 12.7 Å². The number of rotatable bonds is 4. The largest absolute Gasteiger partial charge is 0.478 e. The predicted molar refractivity (Wildman–Crippen MR) is 67.6 cm³/mol. The fraction of sp³-hybridized carbons (Fsp3) is 0.417. The van der Waals surface area contributed by atoms with Crippen molar-refractivity contribution >= 4 is 16.0 Å². The third kappa shape index (κ3) is 2.97. The Labute approximate surface area is 115 Å². The molecule has 1 aromatic rings. The Kier molecular flexibility index (Phi) is 4.07. The highest BCUT2D eigenvalue weighted by atomic mass is 32.2. The Hall–Kier alpha value is -1.51. The van der Waals surface area contributed by atoms with Gasteiger partial charge in [-0.25, -0.2) is 22.3 Å². The zero-order valence-corrected chi connectivity index (χ0v) is 11.5. The number of carboxylic acids is 1. The number of hydrogen-bond acceptors (Lipinski definition) is 4. The van der Waals surface area contributed by atoms with Gasteiger partial charge in [0, 0.05) is 12.6 Å². The van der Waals surface area contributed by atoms with Crippen molar-refractivity contribution in [1.82, 2.24) is 4.72 Å². The summed E-state index contributed by atoms with van der Waals surface area (Å²) in [5.41, 5.74) is -0.694. The average Bonchev–Trinajstić information content (AvgIpc) is 2.83. The number of hydrogen-bond donors (Lipinski definition) is 2. The van der Waals surface area contributed by atoms with Gasteiger partial charge in [-0.2, -0.15) is 0 Å². The molecule has 1 heterocycles. The van der Waals surface area contributed by atoms with Gasteiger partial charge in [0.2, 0.25) is 10.0 Å². The maximum Gasteiger partial charge on any atom is 0.338 e. The second-order valence-corrected chi connectivity index (χ2v) is 6.30. The van der Waals surface area contributed by atoms with E-state index in [1.807, 2.05) is 0 Å². The molecule has 1 fully saturated rings. The standard InChI is InChI=1S/C12H14FNO5S/c1-7-4-9(5-10(11(7)13)12(15)16)20(17,18)14-8-2-3-19-6-8/h4-5,8,14H,2-3,6H2,1H3,(H,15,16). The summed E-state index contributed by atoms with van der Waals surface area (Å²) < 4.78 is 45.4. The van der Waals surface area contributed by atoms with Gasteiger partial charge in [-0.05, 0) is 31.0 Å². The van der Waals surface area contributed by atoms with E-state index < -0.39 is 27.4 Å². The van der Waals surface area contributed by atoms with Crippen molar-refractivity contribution in [3.05, 3.63) is 29.1 Å². The summed E-state index contributed by atoms with van der Waals surface area (Å²) in [6, 6.07) is 1.58. The van der Waals surface area contributed by atoms with Gasteiger partial charge in [0.05, 0.1) is 17.1 Å². The van der Waals surface area contributed by atoms with E-state index in [1.54, 1.807) is 0 Å². The lowest BCUT2D eigenvalue weighted by molar-refractivity contribution is 0.0691. The van der Waals surface area contributed by atoms with Gasteiger partial charge in [0.15, 0.2) is 0 Å².